The Morgan fingerprint density at radius 3 is 2.54 bits per heavy atom. The molecule has 2 aromatic carbocycles. The Hall–Kier alpha value is -3.71. The highest BCUT2D eigenvalue weighted by molar-refractivity contribution is 7.08. The second kappa shape index (κ2) is 10.3. The van der Waals surface area contributed by atoms with Crippen molar-refractivity contribution in [2.24, 2.45) is 11.8 Å². The van der Waals surface area contributed by atoms with E-state index in [2.05, 4.69) is 0 Å². The zero-order chi connectivity index (χ0) is 24.2. The summed E-state index contributed by atoms with van der Waals surface area (Å²) in [5.41, 5.74) is 2.52. The summed E-state index contributed by atoms with van der Waals surface area (Å²) in [5.74, 6) is -0.658. The van der Waals surface area contributed by atoms with Crippen LogP contribution in [0.4, 0.5) is 0 Å². The van der Waals surface area contributed by atoms with Gasteiger partial charge in [-0.25, -0.2) is 4.79 Å². The van der Waals surface area contributed by atoms with Crippen molar-refractivity contribution in [2.75, 3.05) is 6.61 Å². The van der Waals surface area contributed by atoms with E-state index in [0.29, 0.717) is 17.7 Å². The van der Waals surface area contributed by atoms with Gasteiger partial charge in [0.25, 0.3) is 0 Å². The number of esters is 2. The van der Waals surface area contributed by atoms with Crippen LogP contribution in [0.2, 0.25) is 0 Å². The Morgan fingerprint density at radius 2 is 1.80 bits per heavy atom. The van der Waals surface area contributed by atoms with E-state index in [-0.39, 0.29) is 42.7 Å². The fourth-order valence-corrected chi connectivity index (χ4v) is 5.25. The molecule has 3 aromatic rings. The summed E-state index contributed by atoms with van der Waals surface area (Å²) in [6.07, 6.45) is 3.06. The Labute approximate surface area is 207 Å². The van der Waals surface area contributed by atoms with Crippen molar-refractivity contribution in [3.05, 3.63) is 89.1 Å². The van der Waals surface area contributed by atoms with Crippen molar-refractivity contribution in [2.45, 2.75) is 25.0 Å². The SMILES string of the molecule is O=C(/C=C/[C@@H]1[C@H]2CC(=O)O[C@H]2C[C@H]1OC(=O)c1ccc(-c2ccccc2)cc1)COc1ccsc1. The molecule has 0 unspecified atom stereocenters. The highest BCUT2D eigenvalue weighted by atomic mass is 32.1. The summed E-state index contributed by atoms with van der Waals surface area (Å²) in [4.78, 5) is 37.1. The van der Waals surface area contributed by atoms with Crippen molar-refractivity contribution >= 4 is 29.1 Å². The average molecular weight is 489 g/mol. The minimum atomic E-state index is -0.485. The third-order valence-electron chi connectivity index (χ3n) is 6.42. The second-order valence-corrected chi connectivity index (χ2v) is 9.45. The molecule has 7 heteroatoms. The molecular formula is C28H24O6S. The molecule has 178 valence electrons. The van der Waals surface area contributed by atoms with Crippen molar-refractivity contribution in [3.8, 4) is 16.9 Å². The third kappa shape index (κ3) is 5.35. The summed E-state index contributed by atoms with van der Waals surface area (Å²) in [6.45, 7) is -0.0817. The maximum absolute atomic E-state index is 12.9. The zero-order valence-electron chi connectivity index (χ0n) is 18.9. The molecule has 0 N–H and O–H groups in total. The molecule has 35 heavy (non-hydrogen) atoms. The van der Waals surface area contributed by atoms with Crippen LogP contribution in [0.1, 0.15) is 23.2 Å². The standard InChI is InChI=1S/C28H24O6S/c29-21(16-32-22-12-13-35-17-22)10-11-23-24-14-27(30)33-26(24)15-25(23)34-28(31)20-8-6-19(7-9-20)18-4-2-1-3-5-18/h1-13,17,23-26H,14-16H2/b11-10+/t23-,24-,25-,26+/m1/s1. The van der Waals surface area contributed by atoms with Crippen LogP contribution >= 0.6 is 11.3 Å². The lowest BCUT2D eigenvalue weighted by atomic mass is 9.91. The number of carbonyl (C=O) groups is 3. The van der Waals surface area contributed by atoms with E-state index in [4.69, 9.17) is 14.2 Å². The smallest absolute Gasteiger partial charge is 0.338 e. The van der Waals surface area contributed by atoms with Crippen LogP contribution in [0.3, 0.4) is 0 Å². The summed E-state index contributed by atoms with van der Waals surface area (Å²) in [6, 6.07) is 19.0. The maximum Gasteiger partial charge on any atom is 0.338 e. The lowest BCUT2D eigenvalue weighted by Crippen LogP contribution is -2.25. The van der Waals surface area contributed by atoms with Crippen LogP contribution < -0.4 is 4.74 Å². The molecule has 1 aliphatic carbocycles. The van der Waals surface area contributed by atoms with E-state index in [1.807, 2.05) is 53.2 Å². The molecule has 1 aromatic heterocycles. The number of ether oxygens (including phenoxy) is 3. The molecule has 1 saturated heterocycles. The van der Waals surface area contributed by atoms with Gasteiger partial charge in [0, 0.05) is 23.6 Å². The Bertz CT molecular complexity index is 1220. The van der Waals surface area contributed by atoms with Gasteiger partial charge in [-0.15, -0.1) is 11.3 Å². The molecule has 2 fully saturated rings. The maximum atomic E-state index is 12.9. The molecule has 5 rings (SSSR count). The van der Waals surface area contributed by atoms with E-state index in [1.54, 1.807) is 24.3 Å². The fourth-order valence-electron chi connectivity index (χ4n) is 4.68. The van der Waals surface area contributed by atoms with Crippen molar-refractivity contribution in [3.63, 3.8) is 0 Å². The first-order chi connectivity index (χ1) is 17.1. The number of thiophene rings is 1. The quantitative estimate of drug-likeness (QED) is 0.324. The second-order valence-electron chi connectivity index (χ2n) is 8.67. The predicted octanol–water partition coefficient (Wildman–Crippen LogP) is 5.10. The first-order valence-electron chi connectivity index (χ1n) is 11.5. The normalized spacial score (nSPS) is 23.1. The largest absolute Gasteiger partial charge is 0.485 e. The van der Waals surface area contributed by atoms with Gasteiger partial charge in [-0.3, -0.25) is 9.59 Å². The van der Waals surface area contributed by atoms with Crippen LogP contribution in [-0.4, -0.2) is 36.5 Å². The molecule has 2 aliphatic rings. The van der Waals surface area contributed by atoms with Crippen LogP contribution in [-0.2, 0) is 19.1 Å². The van der Waals surface area contributed by atoms with E-state index in [9.17, 15) is 14.4 Å². The van der Waals surface area contributed by atoms with Crippen LogP contribution in [0.25, 0.3) is 11.1 Å². The molecule has 0 spiro atoms. The van der Waals surface area contributed by atoms with Crippen LogP contribution in [0.15, 0.2) is 83.6 Å². The van der Waals surface area contributed by atoms with E-state index < -0.39 is 12.1 Å². The predicted molar refractivity (Wildman–Crippen MR) is 131 cm³/mol. The number of hydrogen-bond donors (Lipinski definition) is 0. The zero-order valence-corrected chi connectivity index (χ0v) is 19.7. The lowest BCUT2D eigenvalue weighted by Gasteiger charge is -2.20. The summed E-state index contributed by atoms with van der Waals surface area (Å²) in [7, 11) is 0. The molecule has 0 bridgehead atoms. The van der Waals surface area contributed by atoms with Crippen LogP contribution in [0.5, 0.6) is 5.75 Å². The van der Waals surface area contributed by atoms with E-state index in [1.165, 1.54) is 17.4 Å². The molecule has 1 aliphatic heterocycles. The monoisotopic (exact) mass is 488 g/mol. The molecule has 4 atom stereocenters. The Kier molecular flexibility index (Phi) is 6.77. The number of carbonyl (C=O) groups excluding carboxylic acids is 3. The van der Waals surface area contributed by atoms with Gasteiger partial charge in [0.2, 0.25) is 0 Å². The van der Waals surface area contributed by atoms with Gasteiger partial charge in [-0.05, 0) is 40.8 Å². The molecular weight excluding hydrogens is 464 g/mol. The highest BCUT2D eigenvalue weighted by Gasteiger charge is 2.50. The number of ketones is 1. The van der Waals surface area contributed by atoms with Crippen LogP contribution in [0, 0.1) is 11.8 Å². The van der Waals surface area contributed by atoms with Gasteiger partial charge in [0.1, 0.15) is 18.0 Å². The highest BCUT2D eigenvalue weighted by Crippen LogP contribution is 2.43. The van der Waals surface area contributed by atoms with Crippen molar-refractivity contribution < 1.29 is 28.6 Å². The molecule has 0 radical (unpaired) electrons. The fraction of sp³-hybridized carbons (Fsp3) is 0.250. The number of rotatable bonds is 8. The van der Waals surface area contributed by atoms with Gasteiger partial charge < -0.3 is 14.2 Å². The average Bonchev–Trinajstić information content (AvgIpc) is 3.59. The number of hydrogen-bond acceptors (Lipinski definition) is 7. The minimum absolute atomic E-state index is 0.0817. The molecule has 2 heterocycles. The Balaban J connectivity index is 1.25. The van der Waals surface area contributed by atoms with Gasteiger partial charge in [0.15, 0.2) is 12.4 Å². The first kappa shape index (κ1) is 23.1. The van der Waals surface area contributed by atoms with E-state index in [0.717, 1.165) is 11.1 Å². The number of benzene rings is 2. The van der Waals surface area contributed by atoms with Gasteiger partial charge >= 0.3 is 11.9 Å². The summed E-state index contributed by atoms with van der Waals surface area (Å²) in [5, 5.41) is 3.70. The molecule has 0 amide bonds. The molecule has 1 saturated carbocycles. The summed E-state index contributed by atoms with van der Waals surface area (Å²) < 4.78 is 16.7. The lowest BCUT2D eigenvalue weighted by molar-refractivity contribution is -0.141. The topological polar surface area (TPSA) is 78.9 Å². The van der Waals surface area contributed by atoms with E-state index >= 15 is 0 Å². The minimum Gasteiger partial charge on any atom is -0.485 e. The summed E-state index contributed by atoms with van der Waals surface area (Å²) >= 11 is 1.49. The first-order valence-corrected chi connectivity index (χ1v) is 12.4. The van der Waals surface area contributed by atoms with Crippen molar-refractivity contribution in [1.82, 2.24) is 0 Å². The Morgan fingerprint density at radius 1 is 1.03 bits per heavy atom. The third-order valence-corrected chi connectivity index (χ3v) is 7.08. The van der Waals surface area contributed by atoms with Gasteiger partial charge in [-0.2, -0.15) is 0 Å². The van der Waals surface area contributed by atoms with Gasteiger partial charge in [-0.1, -0.05) is 48.5 Å². The number of fused-ring (bicyclic) bond motifs is 1. The van der Waals surface area contributed by atoms with Gasteiger partial charge in [0.05, 0.1) is 12.0 Å². The molecule has 6 nitrogen and oxygen atoms in total. The van der Waals surface area contributed by atoms with Crippen molar-refractivity contribution in [1.29, 1.82) is 0 Å².